The fraction of sp³-hybridized carbons (Fsp3) is 0.444. The molecule has 2 aromatic rings. The van der Waals surface area contributed by atoms with Crippen molar-refractivity contribution in [2.45, 2.75) is 83.1 Å². The molecule has 5 rings (SSSR count). The Morgan fingerprint density at radius 1 is 1.21 bits per heavy atom. The highest BCUT2D eigenvalue weighted by molar-refractivity contribution is 8.00. The predicted octanol–water partition coefficient (Wildman–Crippen LogP) is 6.70. The molecular weight excluding hydrogens is 653 g/mol. The van der Waals surface area contributed by atoms with E-state index in [0.717, 1.165) is 53.0 Å². The number of benzene rings is 1. The Labute approximate surface area is 288 Å². The number of carboxylic acids is 1. The number of aromatic hydroxyl groups is 1. The van der Waals surface area contributed by atoms with Crippen molar-refractivity contribution in [1.29, 1.82) is 0 Å². The van der Waals surface area contributed by atoms with E-state index in [-0.39, 0.29) is 52.7 Å². The monoisotopic (exact) mass is 694 g/mol. The van der Waals surface area contributed by atoms with Gasteiger partial charge in [0.1, 0.15) is 35.2 Å². The third kappa shape index (κ3) is 7.81. The summed E-state index contributed by atoms with van der Waals surface area (Å²) in [5.41, 5.74) is 3.43. The molecule has 1 aromatic heterocycles. The Balaban J connectivity index is 1.32. The van der Waals surface area contributed by atoms with E-state index in [2.05, 4.69) is 24.9 Å². The second-order valence-corrected chi connectivity index (χ2v) is 14.8. The molecule has 12 heteroatoms. The maximum absolute atomic E-state index is 13.2. The molecule has 4 atom stereocenters. The summed E-state index contributed by atoms with van der Waals surface area (Å²) in [4.78, 5) is 53.1. The van der Waals surface area contributed by atoms with Crippen molar-refractivity contribution in [2.75, 3.05) is 12.4 Å². The van der Waals surface area contributed by atoms with Crippen molar-refractivity contribution in [1.82, 2.24) is 10.2 Å². The molecule has 2 amide bonds. The lowest BCUT2D eigenvalue weighted by molar-refractivity contribution is -0.150. The van der Waals surface area contributed by atoms with Gasteiger partial charge in [-0.3, -0.25) is 14.5 Å². The van der Waals surface area contributed by atoms with Crippen molar-refractivity contribution in [2.24, 2.45) is 5.92 Å². The molecular formula is C36H42N2O8S2. The highest BCUT2D eigenvalue weighted by atomic mass is 32.2. The first-order chi connectivity index (χ1) is 23.0. The van der Waals surface area contributed by atoms with E-state index in [1.54, 1.807) is 12.1 Å². The van der Waals surface area contributed by atoms with Gasteiger partial charge in [0.25, 0.3) is 5.91 Å². The zero-order chi connectivity index (χ0) is 34.5. The lowest BCUT2D eigenvalue weighted by Crippen LogP contribution is -2.70. The molecule has 0 saturated carbocycles. The van der Waals surface area contributed by atoms with Crippen LogP contribution in [-0.2, 0) is 32.0 Å². The summed E-state index contributed by atoms with van der Waals surface area (Å²) in [6.07, 6.45) is 6.59. The van der Waals surface area contributed by atoms with Gasteiger partial charge in [-0.2, -0.15) is 0 Å². The molecule has 0 spiro atoms. The number of thiophene rings is 1. The number of fused-ring (bicyclic) bond motifs is 1. The molecule has 0 bridgehead atoms. The fourth-order valence-electron chi connectivity index (χ4n) is 6.57. The van der Waals surface area contributed by atoms with Crippen LogP contribution in [0.5, 0.6) is 11.5 Å². The van der Waals surface area contributed by atoms with Gasteiger partial charge in [0, 0.05) is 27.7 Å². The van der Waals surface area contributed by atoms with Gasteiger partial charge in [0.15, 0.2) is 0 Å². The zero-order valence-electron chi connectivity index (χ0n) is 27.5. The first kappa shape index (κ1) is 35.3. The molecule has 1 fully saturated rings. The van der Waals surface area contributed by atoms with Crippen molar-refractivity contribution < 1.29 is 38.9 Å². The molecule has 0 radical (unpaired) electrons. The van der Waals surface area contributed by atoms with Gasteiger partial charge < -0.3 is 25.0 Å². The molecule has 10 nitrogen and oxygen atoms in total. The number of β-lactam (4-membered cyclic amide) rings is 1. The number of phenols is 1. The Morgan fingerprint density at radius 3 is 2.69 bits per heavy atom. The minimum atomic E-state index is -1.33. The van der Waals surface area contributed by atoms with E-state index in [9.17, 15) is 29.4 Å². The van der Waals surface area contributed by atoms with E-state index in [1.165, 1.54) is 28.7 Å². The minimum absolute atomic E-state index is 0.0351. The van der Waals surface area contributed by atoms with Gasteiger partial charge in [0.2, 0.25) is 5.91 Å². The van der Waals surface area contributed by atoms with Crippen LogP contribution in [0.25, 0.3) is 0 Å². The molecule has 0 unspecified atom stereocenters. The predicted molar refractivity (Wildman–Crippen MR) is 185 cm³/mol. The zero-order valence-corrected chi connectivity index (χ0v) is 29.1. The van der Waals surface area contributed by atoms with Crippen molar-refractivity contribution >= 4 is 47.0 Å². The van der Waals surface area contributed by atoms with Gasteiger partial charge in [-0.15, -0.1) is 23.1 Å². The SMILES string of the molecule is C=C(C)[C@@H]1CCC(C)=C[C@H]1c1c(O)cc(CCCCC)cc1OC(=O)OCC1=C(C(=O)O)N2C(=O)[C@@H](NC(=O)Cc3cccs3)[C@H]2SC1. The average Bonchev–Trinajstić information content (AvgIpc) is 3.55. The average molecular weight is 695 g/mol. The van der Waals surface area contributed by atoms with E-state index >= 15 is 0 Å². The van der Waals surface area contributed by atoms with Crippen molar-refractivity contribution in [3.63, 3.8) is 0 Å². The second kappa shape index (κ2) is 15.5. The molecule has 1 saturated heterocycles. The fourth-order valence-corrected chi connectivity index (χ4v) is 8.60. The highest BCUT2D eigenvalue weighted by Crippen LogP contribution is 2.47. The smallest absolute Gasteiger partial charge is 0.507 e. The van der Waals surface area contributed by atoms with E-state index < -0.39 is 36.1 Å². The lowest BCUT2D eigenvalue weighted by Gasteiger charge is -2.49. The number of hydrogen-bond donors (Lipinski definition) is 3. The van der Waals surface area contributed by atoms with Crippen LogP contribution < -0.4 is 10.1 Å². The van der Waals surface area contributed by atoms with Gasteiger partial charge >= 0.3 is 12.1 Å². The van der Waals surface area contributed by atoms with Crippen LogP contribution >= 0.6 is 23.1 Å². The third-order valence-corrected chi connectivity index (χ3v) is 11.2. The Bertz CT molecular complexity index is 1650. The molecule has 1 aliphatic carbocycles. The molecule has 3 heterocycles. The molecule has 3 aliphatic rings. The van der Waals surface area contributed by atoms with E-state index in [1.807, 2.05) is 31.4 Å². The number of thioether (sulfide) groups is 1. The van der Waals surface area contributed by atoms with Crippen LogP contribution in [0.4, 0.5) is 4.79 Å². The largest absolute Gasteiger partial charge is 0.514 e. The second-order valence-electron chi connectivity index (χ2n) is 12.6. The number of ether oxygens (including phenoxy) is 2. The number of nitrogens with one attached hydrogen (secondary N) is 1. The molecule has 48 heavy (non-hydrogen) atoms. The number of rotatable bonds is 13. The summed E-state index contributed by atoms with van der Waals surface area (Å²) in [5.74, 6) is -2.00. The number of allylic oxidation sites excluding steroid dienone is 3. The lowest BCUT2D eigenvalue weighted by atomic mass is 9.73. The van der Waals surface area contributed by atoms with E-state index in [4.69, 9.17) is 9.47 Å². The number of nitrogens with zero attached hydrogens (tertiary/aromatic N) is 1. The van der Waals surface area contributed by atoms with Gasteiger partial charge in [-0.05, 0) is 74.6 Å². The Hall–Kier alpha value is -4.03. The van der Waals surface area contributed by atoms with Gasteiger partial charge in [0.05, 0.1) is 6.42 Å². The van der Waals surface area contributed by atoms with Crippen LogP contribution in [0.15, 0.2) is 64.7 Å². The molecule has 1 aromatic carbocycles. The summed E-state index contributed by atoms with van der Waals surface area (Å²) in [6, 6.07) is 6.33. The summed E-state index contributed by atoms with van der Waals surface area (Å²) in [5, 5.41) is 25.4. The summed E-state index contributed by atoms with van der Waals surface area (Å²) < 4.78 is 11.2. The van der Waals surface area contributed by atoms with Crippen LogP contribution in [0.2, 0.25) is 0 Å². The Kier molecular flexibility index (Phi) is 11.4. The quantitative estimate of drug-likeness (QED) is 0.0687. The first-order valence-corrected chi connectivity index (χ1v) is 18.2. The third-order valence-electron chi connectivity index (χ3n) is 9.00. The van der Waals surface area contributed by atoms with Crippen molar-refractivity contribution in [3.05, 3.63) is 80.7 Å². The molecule has 256 valence electrons. The normalized spacial score (nSPS) is 21.9. The van der Waals surface area contributed by atoms with Crippen LogP contribution in [0.3, 0.4) is 0 Å². The van der Waals surface area contributed by atoms with Crippen LogP contribution in [-0.4, -0.2) is 62.8 Å². The molecule has 3 N–H and O–H groups in total. The van der Waals surface area contributed by atoms with Gasteiger partial charge in [-0.1, -0.05) is 49.6 Å². The Morgan fingerprint density at radius 2 is 2.00 bits per heavy atom. The number of hydrogen-bond acceptors (Lipinski definition) is 9. The number of carbonyl (C=O) groups is 4. The maximum atomic E-state index is 13.2. The van der Waals surface area contributed by atoms with E-state index in [0.29, 0.717) is 12.0 Å². The number of amides is 2. The number of unbranched alkanes of at least 4 members (excludes halogenated alkanes) is 2. The number of carbonyl (C=O) groups excluding carboxylic acids is 3. The summed E-state index contributed by atoms with van der Waals surface area (Å²) in [7, 11) is 0. The number of phenolic OH excluding ortho intramolecular Hbond substituents is 1. The number of carboxylic acid groups (broad SMARTS) is 1. The number of aliphatic carboxylic acids is 1. The van der Waals surface area contributed by atoms with Crippen molar-refractivity contribution in [3.8, 4) is 11.5 Å². The minimum Gasteiger partial charge on any atom is -0.507 e. The van der Waals surface area contributed by atoms with Crippen LogP contribution in [0, 0.1) is 5.92 Å². The molecule has 2 aliphatic heterocycles. The maximum Gasteiger partial charge on any atom is 0.514 e. The van der Waals surface area contributed by atoms with Crippen LogP contribution in [0.1, 0.15) is 74.8 Å². The number of aryl methyl sites for hydroxylation is 1. The summed E-state index contributed by atoms with van der Waals surface area (Å²) in [6.45, 7) is 9.88. The standard InChI is InChI=1S/C36H42N2O8S2/c1-5-6-7-9-22-15-27(39)30(26-14-21(4)11-12-25(26)20(2)3)28(16-22)46-36(44)45-18-23-19-48-34-31(33(41)38(34)32(23)35(42)43)37-29(40)17-24-10-8-13-47-24/h8,10,13-16,25-26,31,34,39H,2,5-7,9,11-12,17-19H2,1,3-4H3,(H,37,40)(H,42,43)/t25-,26+,31+,34+/m0/s1. The topological polar surface area (TPSA) is 142 Å². The summed E-state index contributed by atoms with van der Waals surface area (Å²) >= 11 is 2.73. The van der Waals surface area contributed by atoms with Gasteiger partial charge in [-0.25, -0.2) is 9.59 Å². The first-order valence-electron chi connectivity index (χ1n) is 16.2. The highest BCUT2D eigenvalue weighted by Gasteiger charge is 2.54.